The predicted octanol–water partition coefficient (Wildman–Crippen LogP) is 5.28. The number of anilines is 1. The second-order valence-corrected chi connectivity index (χ2v) is 10.6. The van der Waals surface area contributed by atoms with E-state index in [1.54, 1.807) is 48.7 Å². The molecular weight excluding hydrogens is 539 g/mol. The molecule has 1 aliphatic heterocycles. The molecule has 3 aromatic rings. The summed E-state index contributed by atoms with van der Waals surface area (Å²) in [5, 5.41) is 5.88. The highest BCUT2D eigenvalue weighted by molar-refractivity contribution is 5.91. The van der Waals surface area contributed by atoms with Crippen LogP contribution in [-0.2, 0) is 20.9 Å². The van der Waals surface area contributed by atoms with Gasteiger partial charge in [-0.05, 0) is 66.8 Å². The van der Waals surface area contributed by atoms with Gasteiger partial charge in [-0.1, -0.05) is 43.5 Å². The molecule has 10 heteroatoms. The molecule has 0 spiro atoms. The third-order valence-corrected chi connectivity index (χ3v) is 7.53. The Morgan fingerprint density at radius 1 is 0.952 bits per heavy atom. The molecule has 2 heterocycles. The summed E-state index contributed by atoms with van der Waals surface area (Å²) in [5.74, 6) is 0.319. The second kappa shape index (κ2) is 13.9. The number of benzene rings is 2. The van der Waals surface area contributed by atoms with E-state index in [4.69, 9.17) is 9.47 Å². The highest BCUT2D eigenvalue weighted by Crippen LogP contribution is 2.34. The SMILES string of the molecule is O=C(CCCC(=O)N(Cc1ccc2c(c1)OCO2)C(C(=O)NC1CCCCC1)c1ccc(F)cc1)Nc1ccccn1. The van der Waals surface area contributed by atoms with E-state index in [1.807, 2.05) is 6.07 Å². The van der Waals surface area contributed by atoms with Crippen LogP contribution in [0, 0.1) is 5.82 Å². The number of hydrogen-bond donors (Lipinski definition) is 2. The minimum Gasteiger partial charge on any atom is -0.454 e. The molecule has 1 unspecified atom stereocenters. The van der Waals surface area contributed by atoms with Gasteiger partial charge in [-0.3, -0.25) is 14.4 Å². The van der Waals surface area contributed by atoms with E-state index in [-0.39, 0.29) is 56.4 Å². The van der Waals surface area contributed by atoms with Crippen LogP contribution in [0.25, 0.3) is 0 Å². The van der Waals surface area contributed by atoms with Gasteiger partial charge in [0, 0.05) is 31.6 Å². The first kappa shape index (κ1) is 29.0. The quantitative estimate of drug-likeness (QED) is 0.323. The van der Waals surface area contributed by atoms with Gasteiger partial charge >= 0.3 is 0 Å². The Hall–Kier alpha value is -4.47. The molecule has 1 fully saturated rings. The number of halogens is 1. The van der Waals surface area contributed by atoms with Crippen LogP contribution in [0.5, 0.6) is 11.5 Å². The summed E-state index contributed by atoms with van der Waals surface area (Å²) in [6.45, 7) is 0.222. The molecule has 3 amide bonds. The molecular formula is C32H35FN4O5. The fourth-order valence-electron chi connectivity index (χ4n) is 5.39. The standard InChI is InChI=1S/C32H35FN4O5/c33-24-15-13-23(14-16-24)31(32(40)35-25-7-2-1-3-8-25)37(20-22-12-17-26-27(19-22)42-21-41-26)30(39)11-6-10-29(38)36-28-9-4-5-18-34-28/h4-5,9,12-19,25,31H,1-3,6-8,10-11,20-21H2,(H,35,40)(H,34,36,38). The fourth-order valence-corrected chi connectivity index (χ4v) is 5.39. The zero-order chi connectivity index (χ0) is 29.3. The highest BCUT2D eigenvalue weighted by Gasteiger charge is 2.33. The first-order valence-corrected chi connectivity index (χ1v) is 14.4. The number of ether oxygens (including phenoxy) is 2. The Morgan fingerprint density at radius 2 is 1.74 bits per heavy atom. The van der Waals surface area contributed by atoms with Crippen LogP contribution in [0.15, 0.2) is 66.9 Å². The van der Waals surface area contributed by atoms with Gasteiger partial charge in [-0.2, -0.15) is 0 Å². The summed E-state index contributed by atoms with van der Waals surface area (Å²) < 4.78 is 24.9. The maximum Gasteiger partial charge on any atom is 0.247 e. The van der Waals surface area contributed by atoms with Crippen LogP contribution in [0.2, 0.25) is 0 Å². The van der Waals surface area contributed by atoms with Crippen molar-refractivity contribution in [1.82, 2.24) is 15.2 Å². The molecule has 220 valence electrons. The first-order valence-electron chi connectivity index (χ1n) is 14.4. The van der Waals surface area contributed by atoms with Crippen LogP contribution < -0.4 is 20.1 Å². The van der Waals surface area contributed by atoms with Crippen molar-refractivity contribution in [3.8, 4) is 11.5 Å². The molecule has 9 nitrogen and oxygen atoms in total. The zero-order valence-electron chi connectivity index (χ0n) is 23.4. The van der Waals surface area contributed by atoms with E-state index in [2.05, 4.69) is 15.6 Å². The lowest BCUT2D eigenvalue weighted by atomic mass is 9.94. The number of pyridine rings is 1. The Balaban J connectivity index is 1.37. The van der Waals surface area contributed by atoms with Crippen LogP contribution in [0.4, 0.5) is 10.2 Å². The molecule has 5 rings (SSSR count). The number of nitrogens with zero attached hydrogens (tertiary/aromatic N) is 2. The molecule has 0 saturated heterocycles. The van der Waals surface area contributed by atoms with Gasteiger partial charge in [0.1, 0.15) is 17.7 Å². The number of carbonyl (C=O) groups is 3. The molecule has 0 bridgehead atoms. The Kier molecular flexibility index (Phi) is 9.63. The summed E-state index contributed by atoms with van der Waals surface area (Å²) in [6.07, 6.45) is 6.96. The normalized spacial score (nSPS) is 15.1. The number of aromatic nitrogens is 1. The summed E-state index contributed by atoms with van der Waals surface area (Å²) in [7, 11) is 0. The third-order valence-electron chi connectivity index (χ3n) is 7.53. The maximum atomic E-state index is 13.9. The summed E-state index contributed by atoms with van der Waals surface area (Å²) >= 11 is 0. The van der Waals surface area contributed by atoms with Crippen LogP contribution in [0.1, 0.15) is 68.5 Å². The van der Waals surface area contributed by atoms with E-state index in [1.165, 1.54) is 17.0 Å². The summed E-state index contributed by atoms with van der Waals surface area (Å²) in [5.41, 5.74) is 1.25. The number of rotatable bonds is 11. The monoisotopic (exact) mass is 574 g/mol. The molecule has 1 aromatic heterocycles. The van der Waals surface area contributed by atoms with E-state index in [0.717, 1.165) is 37.7 Å². The van der Waals surface area contributed by atoms with E-state index in [9.17, 15) is 18.8 Å². The second-order valence-electron chi connectivity index (χ2n) is 10.6. The van der Waals surface area contributed by atoms with Crippen LogP contribution in [-0.4, -0.2) is 40.4 Å². The first-order chi connectivity index (χ1) is 20.5. The van der Waals surface area contributed by atoms with Gasteiger partial charge in [-0.25, -0.2) is 9.37 Å². The smallest absolute Gasteiger partial charge is 0.247 e. The highest BCUT2D eigenvalue weighted by atomic mass is 19.1. The van der Waals surface area contributed by atoms with E-state index >= 15 is 0 Å². The molecule has 42 heavy (non-hydrogen) atoms. The van der Waals surface area contributed by atoms with Gasteiger partial charge in [0.05, 0.1) is 0 Å². The van der Waals surface area contributed by atoms with Gasteiger partial charge in [0.2, 0.25) is 24.5 Å². The molecule has 2 aliphatic rings. The van der Waals surface area contributed by atoms with Gasteiger partial charge in [0.25, 0.3) is 0 Å². The van der Waals surface area contributed by atoms with Crippen LogP contribution >= 0.6 is 0 Å². The molecule has 1 atom stereocenters. The minimum absolute atomic E-state index is 0.0204. The zero-order valence-corrected chi connectivity index (χ0v) is 23.4. The number of carbonyl (C=O) groups excluding carboxylic acids is 3. The number of hydrogen-bond acceptors (Lipinski definition) is 6. The molecule has 1 saturated carbocycles. The lowest BCUT2D eigenvalue weighted by Crippen LogP contribution is -2.46. The average molecular weight is 575 g/mol. The molecule has 0 radical (unpaired) electrons. The van der Waals surface area contributed by atoms with E-state index in [0.29, 0.717) is 22.9 Å². The molecule has 1 aliphatic carbocycles. The summed E-state index contributed by atoms with van der Waals surface area (Å²) in [6, 6.07) is 15.3. The largest absolute Gasteiger partial charge is 0.454 e. The lowest BCUT2D eigenvalue weighted by molar-refractivity contribution is -0.142. The summed E-state index contributed by atoms with van der Waals surface area (Å²) in [4.78, 5) is 45.8. The van der Waals surface area contributed by atoms with Crippen molar-refractivity contribution in [1.29, 1.82) is 0 Å². The number of amides is 3. The van der Waals surface area contributed by atoms with Crippen LogP contribution in [0.3, 0.4) is 0 Å². The van der Waals surface area contributed by atoms with Gasteiger partial charge in [0.15, 0.2) is 11.5 Å². The molecule has 2 N–H and O–H groups in total. The third kappa shape index (κ3) is 7.63. The topological polar surface area (TPSA) is 110 Å². The van der Waals surface area contributed by atoms with Crippen molar-refractivity contribution in [2.24, 2.45) is 0 Å². The van der Waals surface area contributed by atoms with Gasteiger partial charge in [-0.15, -0.1) is 0 Å². The number of fused-ring (bicyclic) bond motifs is 1. The lowest BCUT2D eigenvalue weighted by Gasteiger charge is -2.33. The minimum atomic E-state index is -0.993. The van der Waals surface area contributed by atoms with Crippen molar-refractivity contribution in [2.75, 3.05) is 12.1 Å². The molecule has 2 aromatic carbocycles. The Labute approximate surface area is 244 Å². The maximum absolute atomic E-state index is 13.9. The fraction of sp³-hybridized carbons (Fsp3) is 0.375. The number of nitrogens with one attached hydrogen (secondary N) is 2. The Bertz CT molecular complexity index is 1380. The van der Waals surface area contributed by atoms with Crippen molar-refractivity contribution < 1.29 is 28.2 Å². The van der Waals surface area contributed by atoms with Crippen molar-refractivity contribution in [2.45, 2.75) is 70.0 Å². The van der Waals surface area contributed by atoms with Crippen molar-refractivity contribution >= 4 is 23.5 Å². The van der Waals surface area contributed by atoms with Gasteiger partial charge < -0.3 is 25.0 Å². The average Bonchev–Trinajstić information content (AvgIpc) is 3.47. The van der Waals surface area contributed by atoms with E-state index < -0.39 is 11.9 Å². The van der Waals surface area contributed by atoms with Crippen molar-refractivity contribution in [3.05, 3.63) is 83.8 Å². The Morgan fingerprint density at radius 3 is 2.50 bits per heavy atom. The predicted molar refractivity (Wildman–Crippen MR) is 154 cm³/mol. The van der Waals surface area contributed by atoms with Crippen molar-refractivity contribution in [3.63, 3.8) is 0 Å².